The number of nitrogens with two attached hydrogens (primary N) is 1. The number of Topliss-reactive ketones (excluding diaryl/α,β-unsaturated/α-hetero) is 4. The van der Waals surface area contributed by atoms with E-state index < -0.39 is 64.4 Å². The molecular formula is C28H34ClN3O7. The first kappa shape index (κ1) is 27.9. The zero-order valence-corrected chi connectivity index (χ0v) is 23.2. The van der Waals surface area contributed by atoms with Crippen molar-refractivity contribution in [2.45, 2.75) is 69.8 Å². The summed E-state index contributed by atoms with van der Waals surface area (Å²) < 4.78 is 0. The number of amides is 1. The number of carbonyl (C=O) groups is 5. The highest BCUT2D eigenvalue weighted by atomic mass is 35.5. The van der Waals surface area contributed by atoms with E-state index in [1.165, 1.54) is 11.0 Å². The van der Waals surface area contributed by atoms with Crippen LogP contribution in [0.4, 0.5) is 0 Å². The molecule has 4 N–H and O–H groups in total. The molecule has 0 radical (unpaired) electrons. The van der Waals surface area contributed by atoms with E-state index in [-0.39, 0.29) is 24.2 Å². The molecule has 1 aromatic carbocycles. The summed E-state index contributed by atoms with van der Waals surface area (Å²) in [5.74, 6) is -10.7. The highest BCUT2D eigenvalue weighted by molar-refractivity contribution is 6.34. The number of halogens is 1. The van der Waals surface area contributed by atoms with Crippen molar-refractivity contribution in [3.8, 4) is 5.75 Å². The van der Waals surface area contributed by atoms with E-state index in [9.17, 15) is 34.2 Å². The van der Waals surface area contributed by atoms with Crippen molar-refractivity contribution in [3.63, 3.8) is 0 Å². The summed E-state index contributed by atoms with van der Waals surface area (Å²) in [4.78, 5) is 70.0. The monoisotopic (exact) mass is 559 g/mol. The Morgan fingerprint density at radius 3 is 2.33 bits per heavy atom. The van der Waals surface area contributed by atoms with Crippen LogP contribution < -0.4 is 5.73 Å². The molecule has 1 amide bonds. The number of nitrogens with zero attached hydrogens (tertiary/aromatic N) is 2. The van der Waals surface area contributed by atoms with Crippen molar-refractivity contribution >= 4 is 40.6 Å². The molecule has 3 fully saturated rings. The SMILES string of the molecule is CC1CCC(C)N1Cc1cc(O)c2c(c1Cl)CC1CC3C(N(C)C)C(=O)C(C(N)=O)C(=O)C3(O)C(=O)C1C2=O. The zero-order valence-electron chi connectivity index (χ0n) is 22.4. The number of phenolic OH excluding ortho intramolecular Hbond substituents is 1. The van der Waals surface area contributed by atoms with Gasteiger partial charge in [-0.15, -0.1) is 0 Å². The predicted octanol–water partition coefficient (Wildman–Crippen LogP) is 0.893. The van der Waals surface area contributed by atoms with Gasteiger partial charge >= 0.3 is 0 Å². The van der Waals surface area contributed by atoms with E-state index in [0.29, 0.717) is 34.8 Å². The van der Waals surface area contributed by atoms with E-state index in [4.69, 9.17) is 17.3 Å². The molecule has 0 bridgehead atoms. The van der Waals surface area contributed by atoms with Crippen LogP contribution in [0.3, 0.4) is 0 Å². The van der Waals surface area contributed by atoms with Crippen molar-refractivity contribution in [3.05, 3.63) is 27.8 Å². The molecule has 4 aliphatic rings. The van der Waals surface area contributed by atoms with Crippen LogP contribution in [0.5, 0.6) is 5.75 Å². The molecular weight excluding hydrogens is 526 g/mol. The average Bonchev–Trinajstić information content (AvgIpc) is 3.16. The highest BCUT2D eigenvalue weighted by Crippen LogP contribution is 2.52. The summed E-state index contributed by atoms with van der Waals surface area (Å²) in [5, 5.41) is 23.0. The lowest BCUT2D eigenvalue weighted by molar-refractivity contribution is -0.181. The number of likely N-dealkylation sites (tertiary alicyclic amines) is 1. The van der Waals surface area contributed by atoms with E-state index in [1.54, 1.807) is 14.1 Å². The maximum Gasteiger partial charge on any atom is 0.235 e. The molecule has 1 saturated heterocycles. The van der Waals surface area contributed by atoms with Crippen LogP contribution in [0.2, 0.25) is 5.02 Å². The Labute approximate surface area is 231 Å². The molecule has 10 nitrogen and oxygen atoms in total. The Bertz CT molecular complexity index is 1300. The van der Waals surface area contributed by atoms with Gasteiger partial charge in [0.25, 0.3) is 0 Å². The number of primary amides is 1. The maximum atomic E-state index is 13.9. The van der Waals surface area contributed by atoms with Gasteiger partial charge in [0.1, 0.15) is 5.75 Å². The van der Waals surface area contributed by atoms with Gasteiger partial charge in [-0.05, 0) is 76.7 Å². The molecule has 3 aliphatic carbocycles. The smallest absolute Gasteiger partial charge is 0.235 e. The van der Waals surface area contributed by atoms with Gasteiger partial charge in [0.2, 0.25) is 5.91 Å². The second-order valence-corrected chi connectivity index (χ2v) is 12.3. The lowest BCUT2D eigenvalue weighted by atomic mass is 9.52. The van der Waals surface area contributed by atoms with Crippen LogP contribution in [-0.4, -0.2) is 86.9 Å². The van der Waals surface area contributed by atoms with E-state index in [1.807, 2.05) is 0 Å². The van der Waals surface area contributed by atoms with E-state index in [2.05, 4.69) is 18.7 Å². The Morgan fingerprint density at radius 1 is 1.15 bits per heavy atom. The summed E-state index contributed by atoms with van der Waals surface area (Å²) in [6.07, 6.45) is 2.24. The number of hydrogen-bond acceptors (Lipinski definition) is 9. The molecule has 11 heteroatoms. The molecule has 8 unspecified atom stereocenters. The number of carbonyl (C=O) groups excluding carboxylic acids is 5. The third-order valence-corrected chi connectivity index (χ3v) is 10.0. The summed E-state index contributed by atoms with van der Waals surface area (Å²) in [5.41, 5.74) is 3.63. The highest BCUT2D eigenvalue weighted by Gasteiger charge is 2.69. The van der Waals surface area contributed by atoms with Gasteiger partial charge < -0.3 is 15.9 Å². The number of phenols is 1. The van der Waals surface area contributed by atoms with Crippen molar-refractivity contribution < 1.29 is 34.2 Å². The molecule has 5 rings (SSSR count). The third kappa shape index (κ3) is 3.90. The number of rotatable bonds is 4. The van der Waals surface area contributed by atoms with Crippen LogP contribution in [0.15, 0.2) is 6.07 Å². The minimum atomic E-state index is -2.74. The Hall–Kier alpha value is -2.66. The summed E-state index contributed by atoms with van der Waals surface area (Å²) in [7, 11) is 3.10. The summed E-state index contributed by atoms with van der Waals surface area (Å²) in [6, 6.07) is 0.988. The summed E-state index contributed by atoms with van der Waals surface area (Å²) in [6.45, 7) is 4.76. The fourth-order valence-electron chi connectivity index (χ4n) is 7.58. The normalized spacial score (nSPS) is 36.6. The zero-order chi connectivity index (χ0) is 28.7. The Balaban J connectivity index is 1.58. The lowest BCUT2D eigenvalue weighted by Gasteiger charge is -2.52. The minimum Gasteiger partial charge on any atom is -0.507 e. The third-order valence-electron chi connectivity index (χ3n) is 9.56. The predicted molar refractivity (Wildman–Crippen MR) is 140 cm³/mol. The Morgan fingerprint density at radius 2 is 1.77 bits per heavy atom. The van der Waals surface area contributed by atoms with Crippen molar-refractivity contribution in [2.24, 2.45) is 29.4 Å². The van der Waals surface area contributed by atoms with Crippen LogP contribution in [-0.2, 0) is 32.1 Å². The number of fused-ring (bicyclic) bond motifs is 3. The average molecular weight is 560 g/mol. The number of aromatic hydroxyl groups is 1. The number of aliphatic hydroxyl groups is 1. The second-order valence-electron chi connectivity index (χ2n) is 12.0. The first-order chi connectivity index (χ1) is 18.2. The van der Waals surface area contributed by atoms with E-state index in [0.717, 1.165) is 12.8 Å². The number of benzene rings is 1. The van der Waals surface area contributed by atoms with Crippen molar-refractivity contribution in [2.75, 3.05) is 14.1 Å². The van der Waals surface area contributed by atoms with Gasteiger partial charge in [0.15, 0.2) is 34.7 Å². The van der Waals surface area contributed by atoms with Crippen LogP contribution in [0.1, 0.15) is 54.6 Å². The maximum absolute atomic E-state index is 13.9. The fraction of sp³-hybridized carbons (Fsp3) is 0.607. The lowest BCUT2D eigenvalue weighted by Crippen LogP contribution is -2.74. The van der Waals surface area contributed by atoms with Crippen molar-refractivity contribution in [1.29, 1.82) is 0 Å². The van der Waals surface area contributed by atoms with Gasteiger partial charge in [-0.2, -0.15) is 0 Å². The second kappa shape index (κ2) is 9.47. The first-order valence-electron chi connectivity index (χ1n) is 13.3. The molecule has 2 saturated carbocycles. The van der Waals surface area contributed by atoms with Crippen molar-refractivity contribution in [1.82, 2.24) is 9.80 Å². The van der Waals surface area contributed by atoms with Crippen LogP contribution in [0, 0.1) is 23.7 Å². The molecule has 1 aromatic rings. The van der Waals surface area contributed by atoms with Gasteiger partial charge in [0, 0.05) is 29.6 Å². The molecule has 0 spiro atoms. The number of likely N-dealkylation sites (N-methyl/N-ethyl adjacent to an activating group) is 1. The van der Waals surface area contributed by atoms with Gasteiger partial charge in [-0.25, -0.2) is 0 Å². The molecule has 8 atom stereocenters. The van der Waals surface area contributed by atoms with Gasteiger partial charge in [-0.1, -0.05) is 11.6 Å². The standard InChI is InChI=1S/C28H34ClN3O7/c1-11-5-6-12(2)32(11)10-14-9-17(33)19-15(21(14)29)7-13-8-16-22(31(3)4)24(35)20(27(30)38)26(37)28(16,39)25(36)18(13)23(19)34/h9,11-13,16,18,20,22,33,39H,5-8,10H2,1-4H3,(H2,30,38). The molecule has 0 aromatic heterocycles. The number of ketones is 4. The fourth-order valence-corrected chi connectivity index (χ4v) is 7.87. The molecule has 210 valence electrons. The minimum absolute atomic E-state index is 0.00853. The topological polar surface area (TPSA) is 158 Å². The first-order valence-corrected chi connectivity index (χ1v) is 13.7. The molecule has 39 heavy (non-hydrogen) atoms. The summed E-state index contributed by atoms with van der Waals surface area (Å²) >= 11 is 6.86. The molecule has 1 heterocycles. The van der Waals surface area contributed by atoms with E-state index >= 15 is 0 Å². The van der Waals surface area contributed by atoms with Crippen LogP contribution in [0.25, 0.3) is 0 Å². The number of hydrogen-bond donors (Lipinski definition) is 3. The van der Waals surface area contributed by atoms with Crippen LogP contribution >= 0.6 is 11.6 Å². The quantitative estimate of drug-likeness (QED) is 0.455. The van der Waals surface area contributed by atoms with Gasteiger partial charge in [0.05, 0.1) is 17.5 Å². The Kier molecular flexibility index (Phi) is 6.77. The largest absolute Gasteiger partial charge is 0.507 e. The van der Waals surface area contributed by atoms with Gasteiger partial charge in [-0.3, -0.25) is 33.8 Å². The molecule has 1 aliphatic heterocycles.